The number of hydrogen-bond acceptors (Lipinski definition) is 6. The number of aryl methyl sites for hydroxylation is 2. The molecule has 0 amide bonds. The smallest absolute Gasteiger partial charge is 0.269 e. The fourth-order valence-corrected chi connectivity index (χ4v) is 4.46. The van der Waals surface area contributed by atoms with Crippen molar-refractivity contribution >= 4 is 17.3 Å². The minimum atomic E-state index is -1.48. The molecule has 4 rings (SSSR count). The number of rotatable bonds is 1. The fourth-order valence-electron chi connectivity index (χ4n) is 3.62. The molecule has 1 aliphatic heterocycles. The normalized spacial score (nSPS) is 19.3. The van der Waals surface area contributed by atoms with Crippen molar-refractivity contribution in [2.45, 2.75) is 38.2 Å². The topological polar surface area (TPSA) is 82.1 Å². The Morgan fingerprint density at radius 2 is 1.83 bits per heavy atom. The monoisotopic (exact) mass is 422 g/mol. The molecule has 0 saturated carbocycles. The molecule has 2 aromatic carbocycles. The van der Waals surface area contributed by atoms with Gasteiger partial charge in [-0.05, 0) is 62.6 Å². The summed E-state index contributed by atoms with van der Waals surface area (Å²) in [5.41, 5.74) is 5.14. The van der Waals surface area contributed by atoms with Crippen LogP contribution in [0.15, 0.2) is 53.4 Å². The van der Waals surface area contributed by atoms with E-state index < -0.39 is 11.4 Å². The highest BCUT2D eigenvalue weighted by molar-refractivity contribution is 7.92. The van der Waals surface area contributed by atoms with Gasteiger partial charge in [0.15, 0.2) is 4.90 Å². The van der Waals surface area contributed by atoms with E-state index in [1.54, 1.807) is 0 Å². The number of nitrogens with one attached hydrogen (secondary N) is 2. The molecule has 0 radical (unpaired) electrons. The molecule has 4 bridgehead atoms. The number of fused-ring (bicyclic) bond motifs is 4. The van der Waals surface area contributed by atoms with Gasteiger partial charge in [-0.25, -0.2) is 4.98 Å². The third kappa shape index (κ3) is 4.75. The maximum atomic E-state index is 13.0. The van der Waals surface area contributed by atoms with Crippen LogP contribution >= 0.6 is 0 Å². The Kier molecular flexibility index (Phi) is 6.22. The number of nitrogens with zero attached hydrogens (tertiary/aromatic N) is 2. The standard InChI is InChI=1S/C23H26N4O2S/c1-15-6-4-7-16(2)22(15)20-13-21-26-23(25-20)27-30(28)19-9-5-8-18(12-19)10-11-24-14-17(3)29-21/h4-9,12-13,17,24H,10-11,14H2,1-3H3,(H,25,26,27)/t17-,30?/m0/s1. The van der Waals surface area contributed by atoms with Crippen molar-refractivity contribution in [2.75, 3.05) is 17.8 Å². The van der Waals surface area contributed by atoms with E-state index in [1.165, 1.54) is 0 Å². The molecule has 1 aliphatic rings. The SMILES string of the molecule is Cc1cccc(C)c1-c1cc2nc(n1)N[S+]([O-])c1cccc(c1)CCNC[C@H](C)O2. The maximum Gasteiger partial charge on any atom is 0.269 e. The van der Waals surface area contributed by atoms with Crippen molar-refractivity contribution < 1.29 is 9.29 Å². The fraction of sp³-hybridized carbons (Fsp3) is 0.304. The van der Waals surface area contributed by atoms with Crippen LogP contribution in [0.2, 0.25) is 0 Å². The molecule has 3 aromatic rings. The lowest BCUT2D eigenvalue weighted by atomic mass is 10.00. The molecule has 30 heavy (non-hydrogen) atoms. The van der Waals surface area contributed by atoms with E-state index in [0.29, 0.717) is 17.3 Å². The number of benzene rings is 2. The van der Waals surface area contributed by atoms with Gasteiger partial charge in [0.1, 0.15) is 17.5 Å². The van der Waals surface area contributed by atoms with Crippen molar-refractivity contribution in [3.05, 3.63) is 65.2 Å². The first-order valence-corrected chi connectivity index (χ1v) is 11.2. The second kappa shape index (κ2) is 9.04. The van der Waals surface area contributed by atoms with Crippen molar-refractivity contribution in [1.29, 1.82) is 0 Å². The zero-order valence-corrected chi connectivity index (χ0v) is 18.3. The summed E-state index contributed by atoms with van der Waals surface area (Å²) in [7, 11) is 0. The molecule has 1 unspecified atom stereocenters. The van der Waals surface area contributed by atoms with Crippen LogP contribution in [0.4, 0.5) is 5.95 Å². The van der Waals surface area contributed by atoms with E-state index in [2.05, 4.69) is 46.0 Å². The van der Waals surface area contributed by atoms with Crippen LogP contribution in [-0.4, -0.2) is 33.7 Å². The van der Waals surface area contributed by atoms with Crippen molar-refractivity contribution in [1.82, 2.24) is 15.3 Å². The van der Waals surface area contributed by atoms with Crippen LogP contribution in [0.25, 0.3) is 11.3 Å². The quantitative estimate of drug-likeness (QED) is 0.581. The van der Waals surface area contributed by atoms with Crippen LogP contribution in [-0.2, 0) is 17.8 Å². The lowest BCUT2D eigenvalue weighted by molar-refractivity contribution is 0.209. The van der Waals surface area contributed by atoms with Crippen molar-refractivity contribution in [2.24, 2.45) is 0 Å². The van der Waals surface area contributed by atoms with Gasteiger partial charge in [0.25, 0.3) is 5.95 Å². The van der Waals surface area contributed by atoms with Gasteiger partial charge in [-0.3, -0.25) is 0 Å². The van der Waals surface area contributed by atoms with Gasteiger partial charge < -0.3 is 14.6 Å². The first-order valence-electron chi connectivity index (χ1n) is 10.1. The van der Waals surface area contributed by atoms with Gasteiger partial charge in [-0.1, -0.05) is 30.3 Å². The van der Waals surface area contributed by atoms with Crippen molar-refractivity contribution in [3.8, 4) is 17.1 Å². The van der Waals surface area contributed by atoms with Crippen LogP contribution in [0.3, 0.4) is 0 Å². The Morgan fingerprint density at radius 3 is 2.63 bits per heavy atom. The molecule has 6 nitrogen and oxygen atoms in total. The molecular formula is C23H26N4O2S. The van der Waals surface area contributed by atoms with E-state index in [9.17, 15) is 4.55 Å². The van der Waals surface area contributed by atoms with E-state index >= 15 is 0 Å². The summed E-state index contributed by atoms with van der Waals surface area (Å²) in [6, 6.07) is 15.8. The van der Waals surface area contributed by atoms with Gasteiger partial charge in [-0.2, -0.15) is 9.71 Å². The predicted molar refractivity (Wildman–Crippen MR) is 120 cm³/mol. The second-order valence-corrected chi connectivity index (χ2v) is 8.80. The minimum Gasteiger partial charge on any atom is -0.588 e. The minimum absolute atomic E-state index is 0.0710. The van der Waals surface area contributed by atoms with Gasteiger partial charge in [0.2, 0.25) is 5.88 Å². The molecule has 156 valence electrons. The van der Waals surface area contributed by atoms with E-state index in [-0.39, 0.29) is 12.1 Å². The first kappa shape index (κ1) is 20.7. The number of hydrogen-bond donors (Lipinski definition) is 2. The summed E-state index contributed by atoms with van der Waals surface area (Å²) in [6.45, 7) is 7.64. The van der Waals surface area contributed by atoms with Crippen LogP contribution in [0.5, 0.6) is 5.88 Å². The molecule has 2 N–H and O–H groups in total. The number of aromatic nitrogens is 2. The van der Waals surface area contributed by atoms with E-state index in [0.717, 1.165) is 40.9 Å². The maximum absolute atomic E-state index is 13.0. The Balaban J connectivity index is 1.77. The van der Waals surface area contributed by atoms with E-state index in [4.69, 9.17) is 4.74 Å². The Hall–Kier alpha value is -2.61. The molecular weight excluding hydrogens is 396 g/mol. The summed E-state index contributed by atoms with van der Waals surface area (Å²) in [5, 5.41) is 3.42. The zero-order chi connectivity index (χ0) is 21.1. The third-order valence-electron chi connectivity index (χ3n) is 5.08. The largest absolute Gasteiger partial charge is 0.588 e. The molecule has 0 saturated heterocycles. The number of ether oxygens (including phenoxy) is 1. The first-order chi connectivity index (χ1) is 14.5. The molecule has 0 fully saturated rings. The van der Waals surface area contributed by atoms with Gasteiger partial charge in [-0.15, -0.1) is 0 Å². The van der Waals surface area contributed by atoms with Crippen LogP contribution in [0.1, 0.15) is 23.6 Å². The van der Waals surface area contributed by atoms with Gasteiger partial charge in [0, 0.05) is 18.2 Å². The summed E-state index contributed by atoms with van der Waals surface area (Å²) < 4.78 is 22.0. The summed E-state index contributed by atoms with van der Waals surface area (Å²) in [4.78, 5) is 9.85. The van der Waals surface area contributed by atoms with Crippen LogP contribution in [0, 0.1) is 13.8 Å². The Labute approximate surface area is 180 Å². The van der Waals surface area contributed by atoms with E-state index in [1.807, 2.05) is 43.3 Å². The molecule has 2 heterocycles. The highest BCUT2D eigenvalue weighted by Gasteiger charge is 2.19. The highest BCUT2D eigenvalue weighted by atomic mass is 32.2. The Morgan fingerprint density at radius 1 is 1.07 bits per heavy atom. The molecule has 7 heteroatoms. The average Bonchev–Trinajstić information content (AvgIpc) is 2.70. The third-order valence-corrected chi connectivity index (χ3v) is 6.13. The predicted octanol–water partition coefficient (Wildman–Crippen LogP) is 3.81. The molecule has 1 aromatic heterocycles. The van der Waals surface area contributed by atoms with Gasteiger partial charge in [0.05, 0.1) is 5.69 Å². The lowest BCUT2D eigenvalue weighted by Crippen LogP contribution is -2.31. The zero-order valence-electron chi connectivity index (χ0n) is 17.4. The average molecular weight is 423 g/mol. The Bertz CT molecular complexity index is 1020. The van der Waals surface area contributed by atoms with Crippen LogP contribution < -0.4 is 14.8 Å². The lowest BCUT2D eigenvalue weighted by Gasteiger charge is -2.18. The highest BCUT2D eigenvalue weighted by Crippen LogP contribution is 2.29. The molecule has 2 atom stereocenters. The number of anilines is 1. The summed E-state index contributed by atoms with van der Waals surface area (Å²) >= 11 is -1.48. The molecule has 0 aliphatic carbocycles. The summed E-state index contributed by atoms with van der Waals surface area (Å²) in [5.74, 6) is 0.744. The summed E-state index contributed by atoms with van der Waals surface area (Å²) in [6.07, 6.45) is 0.786. The molecule has 0 spiro atoms. The van der Waals surface area contributed by atoms with Crippen molar-refractivity contribution in [3.63, 3.8) is 0 Å². The van der Waals surface area contributed by atoms with Gasteiger partial charge >= 0.3 is 0 Å². The second-order valence-electron chi connectivity index (χ2n) is 7.58.